The van der Waals surface area contributed by atoms with E-state index in [9.17, 15) is 42.6 Å². The van der Waals surface area contributed by atoms with Crippen LogP contribution in [0.15, 0.2) is 121 Å². The number of carbonyl (C=O) groups is 4. The number of amides is 4. The maximum atomic E-state index is 13.2. The van der Waals surface area contributed by atoms with Gasteiger partial charge >= 0.3 is 30.4 Å². The second kappa shape index (κ2) is 34.3. The van der Waals surface area contributed by atoms with E-state index in [1.165, 1.54) is 9.80 Å². The van der Waals surface area contributed by atoms with Crippen molar-refractivity contribution < 1.29 is 56.8 Å². The number of nitriles is 2. The molecule has 426 valence electrons. The van der Waals surface area contributed by atoms with Crippen molar-refractivity contribution in [3.05, 3.63) is 144 Å². The highest BCUT2D eigenvalue weighted by Crippen LogP contribution is 2.27. The first-order chi connectivity index (χ1) is 36.7. The van der Waals surface area contributed by atoms with E-state index >= 15 is 0 Å². The zero-order chi connectivity index (χ0) is 58.4. The molecule has 0 spiro atoms. The molecule has 4 aromatic rings. The Kier molecular flexibility index (Phi) is 29.7. The van der Waals surface area contributed by atoms with E-state index in [1.807, 2.05) is 99.7 Å². The Bertz CT molecular complexity index is 2460. The summed E-state index contributed by atoms with van der Waals surface area (Å²) in [5.41, 5.74) is 1.45. The smallest absolute Gasteiger partial charge is 0.445 e. The standard InChI is InChI=1S/C30H41N3O5.C27H32F3N3O4.CH2Cl2/c1-29(2,3)38-27(35)32-25(19-23-13-8-6-9-14-23)26(34)20-33(22-30(4,5)17-12-18-31)28(36)37-21-24-15-10-7-11-16-24;1-26(2,14-9-15-31)19-33(25(36)37-18-21-12-7-4-8-13-21)17-23(34)22(32-24(35)27(28,29)30)16-20-10-5-3-6-11-20;2-1-3/h6-11,13-16,25-26,34H,12,17,19-22H2,1-5H3,(H,32,35);3-8,10-13,22-23,34H,9,14,16-19H2,1-2H3,(H,32,35);1H2/t25-,26+;22-,23+;/m00./s1. The zero-order valence-electron chi connectivity index (χ0n) is 45.5. The third-order valence-corrected chi connectivity index (χ3v) is 11.6. The quantitative estimate of drug-likeness (QED) is 0.0382. The van der Waals surface area contributed by atoms with Crippen LogP contribution < -0.4 is 10.6 Å². The molecule has 4 N–H and O–H groups in total. The summed E-state index contributed by atoms with van der Waals surface area (Å²) in [5, 5.41) is 45.2. The summed E-state index contributed by atoms with van der Waals surface area (Å²) in [5.74, 6) is -2.18. The predicted octanol–water partition coefficient (Wildman–Crippen LogP) is 11.5. The van der Waals surface area contributed by atoms with Crippen LogP contribution in [-0.2, 0) is 45.1 Å². The van der Waals surface area contributed by atoms with Crippen LogP contribution in [0.5, 0.6) is 0 Å². The van der Waals surface area contributed by atoms with E-state index in [2.05, 4.69) is 17.5 Å². The lowest BCUT2D eigenvalue weighted by Crippen LogP contribution is -2.54. The van der Waals surface area contributed by atoms with Gasteiger partial charge in [-0.05, 0) is 79.5 Å². The Morgan fingerprint density at radius 3 is 1.21 bits per heavy atom. The van der Waals surface area contributed by atoms with E-state index in [0.717, 1.165) is 16.7 Å². The molecule has 4 atom stereocenters. The maximum Gasteiger partial charge on any atom is 0.471 e. The number of aliphatic hydroxyl groups excluding tert-OH is 2. The Hall–Kier alpha value is -6.57. The fraction of sp³-hybridized carbons (Fsp3) is 0.483. The highest BCUT2D eigenvalue weighted by atomic mass is 35.5. The molecule has 0 fully saturated rings. The van der Waals surface area contributed by atoms with Crippen LogP contribution in [0.2, 0.25) is 0 Å². The van der Waals surface area contributed by atoms with Crippen LogP contribution in [0.25, 0.3) is 0 Å². The molecule has 0 bridgehead atoms. The minimum absolute atomic E-state index is 0.0385. The van der Waals surface area contributed by atoms with Gasteiger partial charge in [-0.15, -0.1) is 23.2 Å². The molecule has 4 aromatic carbocycles. The molecular formula is C58H75Cl2F3N6O9. The van der Waals surface area contributed by atoms with Crippen LogP contribution in [-0.4, -0.2) is 112 Å². The normalized spacial score (nSPS) is 12.9. The van der Waals surface area contributed by atoms with E-state index in [0.29, 0.717) is 31.2 Å². The van der Waals surface area contributed by atoms with Gasteiger partial charge in [0.05, 0.1) is 54.9 Å². The summed E-state index contributed by atoms with van der Waals surface area (Å²) in [6.45, 7) is 12.8. The number of carbonyl (C=O) groups excluding carboxylic acids is 4. The lowest BCUT2D eigenvalue weighted by Gasteiger charge is -2.35. The second-order valence-corrected chi connectivity index (χ2v) is 21.7. The van der Waals surface area contributed by atoms with Gasteiger partial charge in [0.25, 0.3) is 0 Å². The molecular weight excluding hydrogens is 1050 g/mol. The number of halogens is 5. The fourth-order valence-corrected chi connectivity index (χ4v) is 7.73. The van der Waals surface area contributed by atoms with E-state index < -0.39 is 71.1 Å². The summed E-state index contributed by atoms with van der Waals surface area (Å²) in [4.78, 5) is 53.2. The van der Waals surface area contributed by atoms with Crippen LogP contribution in [0.3, 0.4) is 0 Å². The van der Waals surface area contributed by atoms with Gasteiger partial charge in [-0.3, -0.25) is 4.79 Å². The van der Waals surface area contributed by atoms with E-state index in [4.69, 9.17) is 47.9 Å². The van der Waals surface area contributed by atoms with Crippen molar-refractivity contribution in [1.82, 2.24) is 20.4 Å². The number of alkyl halides is 5. The largest absolute Gasteiger partial charge is 0.471 e. The third-order valence-electron chi connectivity index (χ3n) is 11.6. The molecule has 0 unspecified atom stereocenters. The molecule has 0 aliphatic rings. The van der Waals surface area contributed by atoms with Crippen molar-refractivity contribution in [3.8, 4) is 12.1 Å². The first kappa shape index (κ1) is 67.5. The zero-order valence-corrected chi connectivity index (χ0v) is 47.0. The Balaban J connectivity index is 0.000000508. The SMILES string of the molecule is CC(C)(CCC#N)CN(C[C@@H](O)[C@H](Cc1ccccc1)NC(=O)C(F)(F)F)C(=O)OCc1ccccc1.CC(C)(CCC#N)CN(C[C@@H](O)[C@H](Cc1ccccc1)NC(=O)OC(C)(C)C)C(=O)OCc1ccccc1.ClCCl. The van der Waals surface area contributed by atoms with E-state index in [1.54, 1.807) is 75.4 Å². The summed E-state index contributed by atoms with van der Waals surface area (Å²) >= 11 is 9.53. The Morgan fingerprint density at radius 2 is 0.897 bits per heavy atom. The van der Waals surface area contributed by atoms with Gasteiger partial charge in [-0.1, -0.05) is 149 Å². The highest BCUT2D eigenvalue weighted by Gasteiger charge is 2.41. The van der Waals surface area contributed by atoms with Crippen molar-refractivity contribution in [3.63, 3.8) is 0 Å². The van der Waals surface area contributed by atoms with E-state index in [-0.39, 0.29) is 57.6 Å². The first-order valence-electron chi connectivity index (χ1n) is 25.3. The minimum atomic E-state index is -5.14. The van der Waals surface area contributed by atoms with Gasteiger partial charge in [0.1, 0.15) is 18.8 Å². The second-order valence-electron chi connectivity index (χ2n) is 20.9. The van der Waals surface area contributed by atoms with Gasteiger partial charge in [0, 0.05) is 25.9 Å². The predicted molar refractivity (Wildman–Crippen MR) is 294 cm³/mol. The highest BCUT2D eigenvalue weighted by molar-refractivity contribution is 6.40. The van der Waals surface area contributed by atoms with Crippen molar-refractivity contribution in [2.24, 2.45) is 10.8 Å². The molecule has 0 heterocycles. The number of alkyl carbamates (subject to hydrolysis) is 1. The lowest BCUT2D eigenvalue weighted by molar-refractivity contribution is -0.175. The van der Waals surface area contributed by atoms with Gasteiger partial charge in [0.2, 0.25) is 0 Å². The number of aliphatic hydroxyl groups is 2. The monoisotopic (exact) mass is 1130 g/mol. The molecule has 0 aliphatic carbocycles. The lowest BCUT2D eigenvalue weighted by atomic mass is 9.87. The van der Waals surface area contributed by atoms with Gasteiger partial charge in [-0.2, -0.15) is 23.7 Å². The maximum absolute atomic E-state index is 13.2. The van der Waals surface area contributed by atoms with Crippen molar-refractivity contribution in [1.29, 1.82) is 10.5 Å². The third kappa shape index (κ3) is 28.7. The van der Waals surface area contributed by atoms with Crippen LogP contribution >= 0.6 is 23.2 Å². The molecule has 0 aromatic heterocycles. The number of rotatable bonds is 24. The number of benzene rings is 4. The number of nitrogens with one attached hydrogen (secondary N) is 2. The van der Waals surface area contributed by atoms with Crippen molar-refractivity contribution in [2.45, 2.75) is 136 Å². The summed E-state index contributed by atoms with van der Waals surface area (Å²) < 4.78 is 55.4. The van der Waals surface area contributed by atoms with Crippen LogP contribution in [0.1, 0.15) is 96.4 Å². The molecule has 0 saturated heterocycles. The summed E-state index contributed by atoms with van der Waals surface area (Å²) in [6, 6.07) is 38.4. The average Bonchev–Trinajstić information content (AvgIpc) is 3.38. The van der Waals surface area contributed by atoms with Gasteiger partial charge in [0.15, 0.2) is 0 Å². The number of hydrogen-bond donors (Lipinski definition) is 4. The number of nitrogens with zero attached hydrogens (tertiary/aromatic N) is 4. The first-order valence-corrected chi connectivity index (χ1v) is 26.4. The summed E-state index contributed by atoms with van der Waals surface area (Å²) in [7, 11) is 0. The Labute approximate surface area is 467 Å². The molecule has 0 aliphatic heterocycles. The molecule has 4 amide bonds. The minimum Gasteiger partial charge on any atom is -0.445 e. The summed E-state index contributed by atoms with van der Waals surface area (Å²) in [6.07, 6.45) is -7.93. The average molecular weight is 1130 g/mol. The van der Waals surface area contributed by atoms with Crippen molar-refractivity contribution >= 4 is 47.4 Å². The number of hydrogen-bond acceptors (Lipinski definition) is 11. The topological polar surface area (TPSA) is 215 Å². The van der Waals surface area contributed by atoms with Gasteiger partial charge in [-0.25, -0.2) is 14.4 Å². The fourth-order valence-electron chi connectivity index (χ4n) is 7.73. The molecule has 20 heteroatoms. The molecule has 0 saturated carbocycles. The molecule has 15 nitrogen and oxygen atoms in total. The molecule has 78 heavy (non-hydrogen) atoms. The van der Waals surface area contributed by atoms with Gasteiger partial charge < -0.3 is 44.9 Å². The molecule has 4 rings (SSSR count). The Morgan fingerprint density at radius 1 is 0.577 bits per heavy atom. The van der Waals surface area contributed by atoms with Crippen LogP contribution in [0.4, 0.5) is 27.6 Å². The van der Waals surface area contributed by atoms with Crippen molar-refractivity contribution in [2.75, 3.05) is 31.5 Å². The number of ether oxygens (including phenoxy) is 3. The molecule has 0 radical (unpaired) electrons. The van der Waals surface area contributed by atoms with Crippen LogP contribution in [0, 0.1) is 33.5 Å².